The van der Waals surface area contributed by atoms with Gasteiger partial charge in [-0.15, -0.1) is 13.2 Å². The molecule has 1 amide bonds. The van der Waals surface area contributed by atoms with Gasteiger partial charge in [0.1, 0.15) is 5.75 Å². The lowest BCUT2D eigenvalue weighted by atomic mass is 10.1. The number of rotatable bonds is 5. The van der Waals surface area contributed by atoms with Crippen molar-refractivity contribution in [2.45, 2.75) is 32.0 Å². The molecule has 1 saturated carbocycles. The highest BCUT2D eigenvalue weighted by molar-refractivity contribution is 5.92. The molecule has 0 atom stereocenters. The Morgan fingerprint density at radius 3 is 2.30 bits per heavy atom. The summed E-state index contributed by atoms with van der Waals surface area (Å²) in [4.78, 5) is 23.3. The van der Waals surface area contributed by atoms with E-state index in [9.17, 15) is 22.8 Å². The van der Waals surface area contributed by atoms with Crippen LogP contribution in [-0.4, -0.2) is 24.8 Å². The zero-order valence-electron chi connectivity index (χ0n) is 12.2. The molecule has 1 aromatic rings. The van der Waals surface area contributed by atoms with Crippen molar-refractivity contribution in [3.05, 3.63) is 24.3 Å². The van der Waals surface area contributed by atoms with Crippen LogP contribution in [-0.2, 0) is 14.3 Å². The molecule has 2 rings (SSSR count). The van der Waals surface area contributed by atoms with E-state index in [1.807, 2.05) is 0 Å². The van der Waals surface area contributed by atoms with Crippen LogP contribution < -0.4 is 10.1 Å². The maximum Gasteiger partial charge on any atom is 0.573 e. The predicted molar refractivity (Wildman–Crippen MR) is 74.7 cm³/mol. The number of nitrogens with one attached hydrogen (secondary N) is 1. The van der Waals surface area contributed by atoms with Crippen LogP contribution >= 0.6 is 0 Å². The fourth-order valence-electron chi connectivity index (χ4n) is 2.35. The number of alkyl halides is 3. The second kappa shape index (κ2) is 7.34. The number of hydrogen-bond acceptors (Lipinski definition) is 4. The largest absolute Gasteiger partial charge is 0.573 e. The summed E-state index contributed by atoms with van der Waals surface area (Å²) in [6.45, 7) is -0.421. The zero-order valence-corrected chi connectivity index (χ0v) is 12.2. The van der Waals surface area contributed by atoms with Crippen LogP contribution in [0.2, 0.25) is 0 Å². The summed E-state index contributed by atoms with van der Waals surface area (Å²) in [7, 11) is 0. The van der Waals surface area contributed by atoms with Crippen molar-refractivity contribution in [2.24, 2.45) is 5.92 Å². The summed E-state index contributed by atoms with van der Waals surface area (Å²) >= 11 is 0. The van der Waals surface area contributed by atoms with Crippen LogP contribution in [0, 0.1) is 5.92 Å². The van der Waals surface area contributed by atoms with E-state index in [0.717, 1.165) is 37.8 Å². The molecule has 23 heavy (non-hydrogen) atoms. The summed E-state index contributed by atoms with van der Waals surface area (Å²) in [6.07, 6.45) is -1.24. The monoisotopic (exact) mass is 331 g/mol. The Kier molecular flexibility index (Phi) is 5.46. The predicted octanol–water partition coefficient (Wildman–Crippen LogP) is 3.26. The normalized spacial score (nSPS) is 15.3. The van der Waals surface area contributed by atoms with Gasteiger partial charge in [0, 0.05) is 5.69 Å². The molecule has 5 nitrogen and oxygen atoms in total. The molecule has 0 unspecified atom stereocenters. The standard InChI is InChI=1S/C15H16F3NO4/c16-15(17,18)23-12-7-5-11(6-8-12)19-13(20)9-22-14(21)10-3-1-2-4-10/h5-8,10H,1-4,9H2,(H,19,20). The number of hydrogen-bond donors (Lipinski definition) is 1. The van der Waals surface area contributed by atoms with Gasteiger partial charge in [-0.25, -0.2) is 0 Å². The summed E-state index contributed by atoms with van der Waals surface area (Å²) in [5.41, 5.74) is 0.279. The fraction of sp³-hybridized carbons (Fsp3) is 0.467. The van der Waals surface area contributed by atoms with Crippen molar-refractivity contribution in [3.8, 4) is 5.75 Å². The maximum atomic E-state index is 12.0. The third-order valence-corrected chi connectivity index (χ3v) is 3.41. The van der Waals surface area contributed by atoms with Crippen LogP contribution in [0.3, 0.4) is 0 Å². The maximum absolute atomic E-state index is 12.0. The van der Waals surface area contributed by atoms with Crippen LogP contribution in [0.1, 0.15) is 25.7 Å². The molecule has 0 radical (unpaired) electrons. The molecule has 8 heteroatoms. The van der Waals surface area contributed by atoms with E-state index in [4.69, 9.17) is 4.74 Å². The van der Waals surface area contributed by atoms with Gasteiger partial charge in [-0.05, 0) is 37.1 Å². The molecule has 0 saturated heterocycles. The van der Waals surface area contributed by atoms with Crippen LogP contribution in [0.4, 0.5) is 18.9 Å². The number of carbonyl (C=O) groups excluding carboxylic acids is 2. The first-order valence-corrected chi connectivity index (χ1v) is 7.16. The van der Waals surface area contributed by atoms with E-state index in [0.29, 0.717) is 0 Å². The van der Waals surface area contributed by atoms with Crippen LogP contribution in [0.15, 0.2) is 24.3 Å². The van der Waals surface area contributed by atoms with Gasteiger partial charge in [0.25, 0.3) is 5.91 Å². The van der Waals surface area contributed by atoms with E-state index in [1.54, 1.807) is 0 Å². The number of anilines is 1. The summed E-state index contributed by atoms with van der Waals surface area (Å²) < 4.78 is 44.7. The SMILES string of the molecule is O=C(COC(=O)C1CCCC1)Nc1ccc(OC(F)(F)F)cc1. The van der Waals surface area contributed by atoms with Gasteiger partial charge in [-0.2, -0.15) is 0 Å². The quantitative estimate of drug-likeness (QED) is 0.841. The highest BCUT2D eigenvalue weighted by atomic mass is 19.4. The third-order valence-electron chi connectivity index (χ3n) is 3.41. The molecule has 1 aliphatic carbocycles. The molecule has 126 valence electrons. The van der Waals surface area contributed by atoms with Crippen molar-refractivity contribution in [1.82, 2.24) is 0 Å². The highest BCUT2D eigenvalue weighted by Crippen LogP contribution is 2.26. The van der Waals surface area contributed by atoms with Crippen LogP contribution in [0.5, 0.6) is 5.75 Å². The Morgan fingerprint density at radius 2 is 1.74 bits per heavy atom. The average Bonchev–Trinajstić information content (AvgIpc) is 2.99. The van der Waals surface area contributed by atoms with E-state index in [2.05, 4.69) is 10.1 Å². The number of benzene rings is 1. The first-order valence-electron chi connectivity index (χ1n) is 7.16. The van der Waals surface area contributed by atoms with Gasteiger partial charge in [-0.1, -0.05) is 12.8 Å². The lowest BCUT2D eigenvalue weighted by Crippen LogP contribution is -2.23. The number of halogens is 3. The number of esters is 1. The van der Waals surface area contributed by atoms with Crippen molar-refractivity contribution >= 4 is 17.6 Å². The average molecular weight is 331 g/mol. The van der Waals surface area contributed by atoms with E-state index in [-0.39, 0.29) is 23.3 Å². The second-order valence-corrected chi connectivity index (χ2v) is 5.21. The lowest BCUT2D eigenvalue weighted by Gasteiger charge is -2.11. The van der Waals surface area contributed by atoms with E-state index < -0.39 is 18.9 Å². The Labute approximate surface area is 130 Å². The molecule has 1 N–H and O–H groups in total. The van der Waals surface area contributed by atoms with Gasteiger partial charge >= 0.3 is 12.3 Å². The minimum absolute atomic E-state index is 0.137. The molecule has 1 fully saturated rings. The van der Waals surface area contributed by atoms with Crippen molar-refractivity contribution in [3.63, 3.8) is 0 Å². The first-order chi connectivity index (χ1) is 10.8. The Bertz CT molecular complexity index is 551. The minimum atomic E-state index is -4.76. The highest BCUT2D eigenvalue weighted by Gasteiger charge is 2.31. The molecular formula is C15H16F3NO4. The zero-order chi connectivity index (χ0) is 16.9. The van der Waals surface area contributed by atoms with Gasteiger partial charge in [0.2, 0.25) is 0 Å². The second-order valence-electron chi connectivity index (χ2n) is 5.21. The molecule has 1 aromatic carbocycles. The van der Waals surface area contributed by atoms with Crippen molar-refractivity contribution in [1.29, 1.82) is 0 Å². The van der Waals surface area contributed by atoms with E-state index >= 15 is 0 Å². The van der Waals surface area contributed by atoms with Crippen molar-refractivity contribution in [2.75, 3.05) is 11.9 Å². The fourth-order valence-corrected chi connectivity index (χ4v) is 2.35. The number of carbonyl (C=O) groups is 2. The topological polar surface area (TPSA) is 64.6 Å². The van der Waals surface area contributed by atoms with Gasteiger partial charge in [0.05, 0.1) is 5.92 Å². The Morgan fingerprint density at radius 1 is 1.13 bits per heavy atom. The molecule has 0 heterocycles. The molecule has 0 bridgehead atoms. The number of ether oxygens (including phenoxy) is 2. The lowest BCUT2D eigenvalue weighted by molar-refractivity contribution is -0.274. The summed E-state index contributed by atoms with van der Waals surface area (Å²) in [5.74, 6) is -1.46. The minimum Gasteiger partial charge on any atom is -0.455 e. The molecule has 0 aliphatic heterocycles. The molecule has 0 aromatic heterocycles. The first kappa shape index (κ1) is 17.1. The Hall–Kier alpha value is -2.25. The van der Waals surface area contributed by atoms with Gasteiger partial charge < -0.3 is 14.8 Å². The molecule has 1 aliphatic rings. The molecule has 0 spiro atoms. The third kappa shape index (κ3) is 5.80. The summed E-state index contributed by atoms with van der Waals surface area (Å²) in [5, 5.41) is 2.42. The number of amides is 1. The Balaban J connectivity index is 1.77. The van der Waals surface area contributed by atoms with Gasteiger partial charge in [0.15, 0.2) is 6.61 Å². The smallest absolute Gasteiger partial charge is 0.455 e. The van der Waals surface area contributed by atoms with Crippen molar-refractivity contribution < 1.29 is 32.2 Å². The van der Waals surface area contributed by atoms with Crippen LogP contribution in [0.25, 0.3) is 0 Å². The summed E-state index contributed by atoms with van der Waals surface area (Å²) in [6, 6.07) is 4.68. The van der Waals surface area contributed by atoms with Gasteiger partial charge in [-0.3, -0.25) is 9.59 Å². The van der Waals surface area contributed by atoms with E-state index in [1.165, 1.54) is 12.1 Å². The molecular weight excluding hydrogens is 315 g/mol.